The molecule has 0 N–H and O–H groups in total. The highest BCUT2D eigenvalue weighted by molar-refractivity contribution is 7.10. The second kappa shape index (κ2) is 8.44. The molecule has 7 nitrogen and oxygen atoms in total. The van der Waals surface area contributed by atoms with Gasteiger partial charge in [0.05, 0.1) is 35.6 Å². The maximum atomic E-state index is 13.3. The smallest absolute Gasteiger partial charge is 0.338 e. The van der Waals surface area contributed by atoms with Gasteiger partial charge in [-0.15, -0.1) is 11.3 Å². The molecule has 3 heterocycles. The van der Waals surface area contributed by atoms with Gasteiger partial charge in [-0.3, -0.25) is 9.36 Å². The van der Waals surface area contributed by atoms with Crippen molar-refractivity contribution in [2.75, 3.05) is 14.2 Å². The lowest BCUT2D eigenvalue weighted by molar-refractivity contribution is -0.136. The topological polar surface area (TPSA) is 87.0 Å². The van der Waals surface area contributed by atoms with E-state index in [2.05, 4.69) is 4.99 Å². The van der Waals surface area contributed by atoms with Gasteiger partial charge in [0.1, 0.15) is 6.04 Å². The quantitative estimate of drug-likeness (QED) is 0.565. The van der Waals surface area contributed by atoms with Gasteiger partial charge in [0, 0.05) is 4.88 Å². The van der Waals surface area contributed by atoms with Gasteiger partial charge in [0.25, 0.3) is 5.56 Å². The van der Waals surface area contributed by atoms with E-state index < -0.39 is 18.0 Å². The molecule has 3 aromatic rings. The van der Waals surface area contributed by atoms with Crippen molar-refractivity contribution < 1.29 is 19.1 Å². The number of ether oxygens (including phenoxy) is 2. The molecule has 0 radical (unpaired) electrons. The van der Waals surface area contributed by atoms with Crippen molar-refractivity contribution in [1.29, 1.82) is 0 Å². The average Bonchev–Trinajstić information content (AvgIpc) is 3.41. The van der Waals surface area contributed by atoms with Gasteiger partial charge >= 0.3 is 11.9 Å². The average molecular weight is 455 g/mol. The van der Waals surface area contributed by atoms with Crippen LogP contribution in [0, 0.1) is 0 Å². The van der Waals surface area contributed by atoms with Gasteiger partial charge in [-0.05, 0) is 42.1 Å². The number of methoxy groups -OCH3 is 2. The van der Waals surface area contributed by atoms with Crippen molar-refractivity contribution in [2.45, 2.75) is 13.0 Å². The van der Waals surface area contributed by atoms with Gasteiger partial charge in [0.2, 0.25) is 0 Å². The third-order valence-electron chi connectivity index (χ3n) is 4.87. The van der Waals surface area contributed by atoms with Crippen LogP contribution in [0.25, 0.3) is 6.08 Å². The summed E-state index contributed by atoms with van der Waals surface area (Å²) in [6, 6.07) is 9.94. The summed E-state index contributed by atoms with van der Waals surface area (Å²) in [6.45, 7) is 1.75. The maximum Gasteiger partial charge on any atom is 0.338 e. The van der Waals surface area contributed by atoms with Crippen molar-refractivity contribution >= 4 is 40.7 Å². The molecule has 0 amide bonds. The molecule has 1 atom stereocenters. The van der Waals surface area contributed by atoms with Crippen molar-refractivity contribution in [3.8, 4) is 0 Å². The van der Waals surface area contributed by atoms with E-state index >= 15 is 0 Å². The fourth-order valence-corrected chi connectivity index (χ4v) is 5.26. The van der Waals surface area contributed by atoms with Crippen LogP contribution in [0.2, 0.25) is 0 Å². The van der Waals surface area contributed by atoms with Crippen LogP contribution in [0.3, 0.4) is 0 Å². The third kappa shape index (κ3) is 3.77. The van der Waals surface area contributed by atoms with Gasteiger partial charge in [-0.25, -0.2) is 14.6 Å². The summed E-state index contributed by atoms with van der Waals surface area (Å²) in [7, 11) is 2.64. The molecular formula is C22H18N2O5S2. The van der Waals surface area contributed by atoms with Crippen LogP contribution in [0.1, 0.15) is 33.8 Å². The highest BCUT2D eigenvalue weighted by atomic mass is 32.1. The molecule has 9 heteroatoms. The van der Waals surface area contributed by atoms with Crippen LogP contribution < -0.4 is 14.9 Å². The van der Waals surface area contributed by atoms with Crippen LogP contribution in [-0.4, -0.2) is 30.7 Å². The van der Waals surface area contributed by atoms with Crippen LogP contribution >= 0.6 is 22.7 Å². The molecule has 2 aromatic heterocycles. The van der Waals surface area contributed by atoms with E-state index in [1.807, 2.05) is 17.5 Å². The predicted octanol–water partition coefficient (Wildman–Crippen LogP) is 2.26. The van der Waals surface area contributed by atoms with E-state index in [1.54, 1.807) is 41.8 Å². The number of fused-ring (bicyclic) bond motifs is 1. The number of hydrogen-bond donors (Lipinski definition) is 0. The van der Waals surface area contributed by atoms with Crippen molar-refractivity contribution in [3.05, 3.63) is 88.7 Å². The van der Waals surface area contributed by atoms with Crippen LogP contribution in [0.5, 0.6) is 0 Å². The summed E-state index contributed by atoms with van der Waals surface area (Å²) < 4.78 is 11.7. The van der Waals surface area contributed by atoms with Gasteiger partial charge < -0.3 is 9.47 Å². The number of allylic oxidation sites excluding steroid dienone is 1. The molecule has 1 aliphatic rings. The number of rotatable bonds is 4. The van der Waals surface area contributed by atoms with Gasteiger partial charge in [-0.1, -0.05) is 29.5 Å². The van der Waals surface area contributed by atoms with E-state index in [-0.39, 0.29) is 5.56 Å². The molecule has 4 rings (SSSR count). The van der Waals surface area contributed by atoms with Gasteiger partial charge in [0.15, 0.2) is 4.80 Å². The zero-order valence-electron chi connectivity index (χ0n) is 16.9. The van der Waals surface area contributed by atoms with Crippen molar-refractivity contribution in [1.82, 2.24) is 4.57 Å². The fraction of sp³-hybridized carbons (Fsp3) is 0.182. The SMILES string of the molecule is COC(=O)C1=C(C)N=c2s/c(=C\c3ccc(C(=O)OC)cc3)c(=O)n2[C@H]1c1cccs1. The molecule has 0 unspecified atom stereocenters. The summed E-state index contributed by atoms with van der Waals surface area (Å²) in [5.74, 6) is -0.931. The Morgan fingerprint density at radius 3 is 2.42 bits per heavy atom. The minimum Gasteiger partial charge on any atom is -0.466 e. The van der Waals surface area contributed by atoms with E-state index in [4.69, 9.17) is 9.47 Å². The predicted molar refractivity (Wildman–Crippen MR) is 118 cm³/mol. The van der Waals surface area contributed by atoms with Crippen molar-refractivity contribution in [3.63, 3.8) is 0 Å². The number of carbonyl (C=O) groups is 2. The Morgan fingerprint density at radius 1 is 1.10 bits per heavy atom. The Bertz CT molecular complexity index is 1360. The van der Waals surface area contributed by atoms with E-state index in [0.717, 1.165) is 10.4 Å². The first-order chi connectivity index (χ1) is 14.9. The van der Waals surface area contributed by atoms with Gasteiger partial charge in [-0.2, -0.15) is 0 Å². The van der Waals surface area contributed by atoms with Crippen LogP contribution in [0.4, 0.5) is 0 Å². The molecule has 0 bridgehead atoms. The molecule has 0 fully saturated rings. The number of nitrogens with zero attached hydrogens (tertiary/aromatic N) is 2. The van der Waals surface area contributed by atoms with Crippen LogP contribution in [-0.2, 0) is 14.3 Å². The van der Waals surface area contributed by atoms with E-state index in [1.165, 1.54) is 36.9 Å². The summed E-state index contributed by atoms with van der Waals surface area (Å²) in [5, 5.41) is 1.90. The van der Waals surface area contributed by atoms with Crippen molar-refractivity contribution in [2.24, 2.45) is 4.99 Å². The lowest BCUT2D eigenvalue weighted by Crippen LogP contribution is -2.39. The number of thiazole rings is 1. The molecule has 0 aliphatic carbocycles. The number of hydrogen-bond acceptors (Lipinski definition) is 8. The number of aromatic nitrogens is 1. The second-order valence-electron chi connectivity index (χ2n) is 6.70. The Hall–Kier alpha value is -3.30. The summed E-state index contributed by atoms with van der Waals surface area (Å²) in [6.07, 6.45) is 1.74. The Morgan fingerprint density at radius 2 is 1.81 bits per heavy atom. The zero-order valence-corrected chi connectivity index (χ0v) is 18.6. The third-order valence-corrected chi connectivity index (χ3v) is 6.78. The second-order valence-corrected chi connectivity index (χ2v) is 8.69. The molecule has 1 aliphatic heterocycles. The first kappa shape index (κ1) is 21.0. The minimum absolute atomic E-state index is 0.243. The molecular weight excluding hydrogens is 436 g/mol. The largest absolute Gasteiger partial charge is 0.466 e. The number of carbonyl (C=O) groups excluding carboxylic acids is 2. The molecule has 1 aromatic carbocycles. The molecule has 0 saturated carbocycles. The van der Waals surface area contributed by atoms with Crippen LogP contribution in [0.15, 0.2) is 62.8 Å². The highest BCUT2D eigenvalue weighted by Gasteiger charge is 2.33. The standard InChI is InChI=1S/C22H18N2O5S2/c1-12-17(21(27)29-3)18(15-5-4-10-30-15)24-19(25)16(31-22(24)23-12)11-13-6-8-14(9-7-13)20(26)28-2/h4-11,18H,1-3H3/b16-11-/t18-/m0/s1. The fourth-order valence-electron chi connectivity index (χ4n) is 3.39. The Labute approximate surface area is 185 Å². The summed E-state index contributed by atoms with van der Waals surface area (Å²) in [5.41, 5.74) is 1.83. The highest BCUT2D eigenvalue weighted by Crippen LogP contribution is 2.32. The summed E-state index contributed by atoms with van der Waals surface area (Å²) >= 11 is 2.72. The van der Waals surface area contributed by atoms with E-state index in [0.29, 0.717) is 26.2 Å². The number of thiophene rings is 1. The maximum absolute atomic E-state index is 13.3. The first-order valence-electron chi connectivity index (χ1n) is 9.27. The normalized spacial score (nSPS) is 16.0. The Kier molecular flexibility index (Phi) is 5.71. The van der Waals surface area contributed by atoms with E-state index in [9.17, 15) is 14.4 Å². The number of esters is 2. The molecule has 158 valence electrons. The molecule has 0 saturated heterocycles. The first-order valence-corrected chi connectivity index (χ1v) is 11.0. The molecule has 0 spiro atoms. The lowest BCUT2D eigenvalue weighted by atomic mass is 10.0. The monoisotopic (exact) mass is 454 g/mol. The molecule has 31 heavy (non-hydrogen) atoms. The lowest BCUT2D eigenvalue weighted by Gasteiger charge is -2.22. The number of benzene rings is 1. The minimum atomic E-state index is -0.590. The summed E-state index contributed by atoms with van der Waals surface area (Å²) in [4.78, 5) is 43.4. The Balaban J connectivity index is 1.87. The zero-order chi connectivity index (χ0) is 22.1.